The summed E-state index contributed by atoms with van der Waals surface area (Å²) < 4.78 is 85.7. The maximum Gasteiger partial charge on any atom is 0.490 e. The number of nitrogens with one attached hydrogen (secondary N) is 1. The van der Waals surface area contributed by atoms with E-state index in [9.17, 15) is 59.8 Å². The molecule has 53 heavy (non-hydrogen) atoms. The van der Waals surface area contributed by atoms with E-state index in [0.717, 1.165) is 4.90 Å². The minimum Gasteiger partial charge on any atom is -0.478 e. The van der Waals surface area contributed by atoms with Crippen LogP contribution in [0.4, 0.5) is 41.2 Å². The highest BCUT2D eigenvalue weighted by Crippen LogP contribution is 2.41. The quantitative estimate of drug-likeness (QED) is 0.249. The van der Waals surface area contributed by atoms with Gasteiger partial charge in [-0.2, -0.15) is 26.3 Å². The summed E-state index contributed by atoms with van der Waals surface area (Å²) in [7, 11) is 3.58. The van der Waals surface area contributed by atoms with Crippen LogP contribution in [-0.4, -0.2) is 119 Å². The molecule has 2 aliphatic rings. The van der Waals surface area contributed by atoms with Crippen LogP contribution in [0.1, 0.15) is 53.0 Å². The molecule has 5 amide bonds. The molecule has 2 saturated heterocycles. The molecule has 1 spiro atoms. The molecule has 3 N–H and O–H groups in total. The number of carbonyl (C=O) groups is 6. The maximum atomic E-state index is 14.4. The van der Waals surface area contributed by atoms with Crippen molar-refractivity contribution in [2.45, 2.75) is 50.6 Å². The van der Waals surface area contributed by atoms with Gasteiger partial charge in [0, 0.05) is 31.9 Å². The highest BCUT2D eigenvalue weighted by atomic mass is 19.4. The van der Waals surface area contributed by atoms with Gasteiger partial charge in [-0.05, 0) is 75.3 Å². The Morgan fingerprint density at radius 3 is 1.92 bits per heavy atom. The number of likely N-dealkylation sites (N-methyl/N-ethyl adjacent to an activating group) is 1. The summed E-state index contributed by atoms with van der Waals surface area (Å²) in [5.41, 5.74) is -3.14. The molecule has 1 atom stereocenters. The number of hydrogen-bond acceptors (Lipinski definition) is 7. The van der Waals surface area contributed by atoms with E-state index in [-0.39, 0.29) is 38.0 Å². The summed E-state index contributed by atoms with van der Waals surface area (Å²) in [6.45, 7) is 3.70. The number of halogens is 7. The molecule has 2 heterocycles. The topological polar surface area (TPSA) is 168 Å². The van der Waals surface area contributed by atoms with Crippen LogP contribution in [0.5, 0.6) is 0 Å². The van der Waals surface area contributed by atoms with E-state index in [1.807, 2.05) is 4.90 Å². The largest absolute Gasteiger partial charge is 0.490 e. The summed E-state index contributed by atoms with van der Waals surface area (Å²) in [4.78, 5) is 80.1. The lowest BCUT2D eigenvalue weighted by molar-refractivity contribution is -0.192. The molecule has 0 unspecified atom stereocenters. The predicted octanol–water partition coefficient (Wildman–Crippen LogP) is 4.32. The number of aliphatic carboxylic acids is 1. The Kier molecular flexibility index (Phi) is 12.9. The van der Waals surface area contributed by atoms with Gasteiger partial charge in [-0.25, -0.2) is 18.8 Å². The first-order valence-corrected chi connectivity index (χ1v) is 15.8. The Hall–Kier alpha value is -5.27. The van der Waals surface area contributed by atoms with Crippen LogP contribution in [0.25, 0.3) is 0 Å². The Bertz CT molecular complexity index is 1720. The van der Waals surface area contributed by atoms with Gasteiger partial charge in [0.15, 0.2) is 0 Å². The molecule has 13 nitrogen and oxygen atoms in total. The van der Waals surface area contributed by atoms with Crippen molar-refractivity contribution >= 4 is 41.4 Å². The monoisotopic (exact) mass is 763 g/mol. The minimum atomic E-state index is -5.08. The molecule has 0 bridgehead atoms. The van der Waals surface area contributed by atoms with Gasteiger partial charge in [0.2, 0.25) is 5.91 Å². The molecule has 2 aliphatic heterocycles. The number of rotatable bonds is 9. The lowest BCUT2D eigenvalue weighted by atomic mass is 9.84. The van der Waals surface area contributed by atoms with Crippen LogP contribution in [-0.2, 0) is 20.6 Å². The van der Waals surface area contributed by atoms with Crippen LogP contribution < -0.4 is 10.2 Å². The third kappa shape index (κ3) is 9.59. The van der Waals surface area contributed by atoms with Crippen LogP contribution in [0, 0.1) is 11.7 Å². The average molecular weight is 764 g/mol. The molecule has 2 fully saturated rings. The summed E-state index contributed by atoms with van der Waals surface area (Å²) in [6.07, 6.45) is -9.86. The Morgan fingerprint density at radius 1 is 0.925 bits per heavy atom. The highest BCUT2D eigenvalue weighted by molar-refractivity contribution is 6.17. The Labute approximate surface area is 297 Å². The Balaban J connectivity index is 0.000000980. The van der Waals surface area contributed by atoms with E-state index in [2.05, 4.69) is 5.32 Å². The van der Waals surface area contributed by atoms with Gasteiger partial charge < -0.3 is 25.3 Å². The van der Waals surface area contributed by atoms with Crippen molar-refractivity contribution < 1.29 is 69.7 Å². The first kappa shape index (κ1) is 42.1. The third-order valence-electron chi connectivity index (χ3n) is 8.54. The number of alkyl halides is 6. The number of benzene rings is 2. The smallest absolute Gasteiger partial charge is 0.478 e. The van der Waals surface area contributed by atoms with E-state index in [0.29, 0.717) is 30.4 Å². The fourth-order valence-electron chi connectivity index (χ4n) is 5.68. The number of aromatic carboxylic acids is 1. The van der Waals surface area contributed by atoms with Crippen LogP contribution >= 0.6 is 0 Å². The lowest BCUT2D eigenvalue weighted by Crippen LogP contribution is -2.60. The van der Waals surface area contributed by atoms with Gasteiger partial charge in [0.05, 0.1) is 16.7 Å². The Morgan fingerprint density at radius 2 is 1.47 bits per heavy atom. The minimum absolute atomic E-state index is 0.00700. The number of likely N-dealkylation sites (tertiary alicyclic amines) is 1. The number of nitrogens with zero attached hydrogens (tertiary/aromatic N) is 4. The van der Waals surface area contributed by atoms with Crippen LogP contribution in [0.15, 0.2) is 42.5 Å². The van der Waals surface area contributed by atoms with Gasteiger partial charge in [-0.3, -0.25) is 24.2 Å². The third-order valence-corrected chi connectivity index (χ3v) is 8.54. The number of hydrogen-bond donors (Lipinski definition) is 3. The number of anilines is 1. The molecule has 0 saturated carbocycles. The van der Waals surface area contributed by atoms with Crippen molar-refractivity contribution in [2.24, 2.45) is 5.92 Å². The summed E-state index contributed by atoms with van der Waals surface area (Å²) in [5, 5.41) is 18.8. The molecule has 0 aliphatic carbocycles. The van der Waals surface area contributed by atoms with Gasteiger partial charge in [-0.1, -0.05) is 13.8 Å². The second-order valence-electron chi connectivity index (χ2n) is 12.8. The fourth-order valence-corrected chi connectivity index (χ4v) is 5.68. The molecule has 2 aromatic rings. The van der Waals surface area contributed by atoms with Gasteiger partial charge >= 0.3 is 30.3 Å². The average Bonchev–Trinajstić information content (AvgIpc) is 3.25. The van der Waals surface area contributed by atoms with E-state index in [1.54, 1.807) is 27.9 Å². The first-order valence-electron chi connectivity index (χ1n) is 15.8. The lowest BCUT2D eigenvalue weighted by Gasteiger charge is -2.43. The second kappa shape index (κ2) is 16.2. The number of urea groups is 1. The molecule has 0 radical (unpaired) electrons. The predicted molar refractivity (Wildman–Crippen MR) is 171 cm³/mol. The van der Waals surface area contributed by atoms with E-state index in [4.69, 9.17) is 9.90 Å². The van der Waals surface area contributed by atoms with Gasteiger partial charge in [0.25, 0.3) is 11.8 Å². The van der Waals surface area contributed by atoms with Crippen molar-refractivity contribution in [2.75, 3.05) is 45.2 Å². The van der Waals surface area contributed by atoms with Gasteiger partial charge in [0.1, 0.15) is 17.4 Å². The summed E-state index contributed by atoms with van der Waals surface area (Å²) >= 11 is 0. The van der Waals surface area contributed by atoms with E-state index in [1.165, 1.54) is 34.1 Å². The molecule has 4 rings (SSSR count). The second-order valence-corrected chi connectivity index (χ2v) is 12.8. The molecule has 20 heteroatoms. The van der Waals surface area contributed by atoms with Crippen molar-refractivity contribution in [3.63, 3.8) is 0 Å². The van der Waals surface area contributed by atoms with Crippen LogP contribution in [0.2, 0.25) is 0 Å². The van der Waals surface area contributed by atoms with Crippen molar-refractivity contribution in [3.8, 4) is 0 Å². The van der Waals surface area contributed by atoms with Crippen LogP contribution in [0.3, 0.4) is 0 Å². The maximum absolute atomic E-state index is 14.4. The zero-order chi connectivity index (χ0) is 40.2. The molecular formula is C33H36F7N5O8. The van der Waals surface area contributed by atoms with E-state index >= 15 is 0 Å². The molecule has 2 aromatic carbocycles. The van der Waals surface area contributed by atoms with Crippen molar-refractivity contribution in [1.29, 1.82) is 0 Å². The number of piperidine rings is 1. The van der Waals surface area contributed by atoms with Gasteiger partial charge in [-0.15, -0.1) is 0 Å². The molecular weight excluding hydrogens is 727 g/mol. The zero-order valence-corrected chi connectivity index (χ0v) is 28.7. The normalized spacial score (nSPS) is 16.5. The molecule has 290 valence electrons. The zero-order valence-electron chi connectivity index (χ0n) is 28.7. The standard InChI is InChI=1S/C31H35F4N5O6.C2HF3O2/c1-18(2)24(36-25(41)22-17-20(31(33,34)35)7-10-23(22)32)26(42)38-13-11-30(12-14-38)28(45)39(16-15-37(3)4)29(46)40(30)21-8-5-19(6-9-21)27(43)44;3-2(4,5)1(6)7/h5-10,17-18,24H,11-16H2,1-4H3,(H,36,41)(H,43,44);(H,6,7)/t24-;/m1./s1. The fraction of sp³-hybridized carbons (Fsp3) is 0.455. The highest BCUT2D eigenvalue weighted by Gasteiger charge is 2.59. The summed E-state index contributed by atoms with van der Waals surface area (Å²) in [6, 6.07) is 5.18. The first-order chi connectivity index (χ1) is 24.4. The number of carboxylic acid groups (broad SMARTS) is 2. The number of amides is 5. The molecule has 0 aromatic heterocycles. The number of imide groups is 1. The summed E-state index contributed by atoms with van der Waals surface area (Å²) in [5.74, 6) is -7.86. The number of carboxylic acids is 2. The SMILES string of the molecule is CC(C)[C@@H](NC(=O)c1cc(C(F)(F)F)ccc1F)C(=O)N1CCC2(CC1)C(=O)N(CCN(C)C)C(=O)N2c1ccc(C(=O)O)cc1.O=C(O)C(F)(F)F. The number of carbonyl (C=O) groups excluding carboxylic acids is 4. The van der Waals surface area contributed by atoms with Crippen molar-refractivity contribution in [1.82, 2.24) is 20.0 Å². The van der Waals surface area contributed by atoms with E-state index < -0.39 is 82.5 Å². The van der Waals surface area contributed by atoms with Crippen molar-refractivity contribution in [3.05, 3.63) is 65.0 Å².